The van der Waals surface area contributed by atoms with Crippen molar-refractivity contribution in [2.24, 2.45) is 5.84 Å². The minimum Gasteiger partial charge on any atom is -0.494 e. The van der Waals surface area contributed by atoms with Crippen LogP contribution in [0.2, 0.25) is 5.02 Å². The second kappa shape index (κ2) is 6.02. The smallest absolute Gasteiger partial charge is 0.165 e. The number of hydrazine groups is 1. The van der Waals surface area contributed by atoms with Gasteiger partial charge in [-0.05, 0) is 29.3 Å². The minimum absolute atomic E-state index is 0.193. The summed E-state index contributed by atoms with van der Waals surface area (Å²) in [5, 5.41) is 0.571. The Morgan fingerprint density at radius 2 is 2.00 bits per heavy atom. The molecule has 3 nitrogen and oxygen atoms in total. The molecule has 2 aromatic carbocycles. The Kier molecular flexibility index (Phi) is 4.37. The van der Waals surface area contributed by atoms with Gasteiger partial charge in [-0.3, -0.25) is 5.84 Å². The van der Waals surface area contributed by atoms with Crippen molar-refractivity contribution in [2.75, 3.05) is 7.11 Å². The Hall–Kier alpha value is -1.62. The van der Waals surface area contributed by atoms with Crippen LogP contribution in [0.25, 0.3) is 0 Å². The van der Waals surface area contributed by atoms with Crippen molar-refractivity contribution in [1.29, 1.82) is 0 Å². The molecule has 0 aliphatic carbocycles. The zero-order chi connectivity index (χ0) is 13.8. The van der Waals surface area contributed by atoms with Crippen molar-refractivity contribution >= 4 is 11.6 Å². The summed E-state index contributed by atoms with van der Waals surface area (Å²) in [6.07, 6.45) is 0. The third-order valence-electron chi connectivity index (χ3n) is 2.89. The molecule has 0 aromatic heterocycles. The lowest BCUT2D eigenvalue weighted by atomic mass is 9.99. The first-order valence-electron chi connectivity index (χ1n) is 5.71. The standard InChI is InChI=1S/C14H14ClFN2O/c1-19-13-7-6-9(8-12(13)16)14(18-17)10-4-2-3-5-11(10)15/h2-8,14,18H,17H2,1H3. The average Bonchev–Trinajstić information content (AvgIpc) is 2.42. The lowest BCUT2D eigenvalue weighted by Crippen LogP contribution is -2.29. The van der Waals surface area contributed by atoms with Crippen molar-refractivity contribution in [3.8, 4) is 5.75 Å². The van der Waals surface area contributed by atoms with E-state index in [1.54, 1.807) is 18.2 Å². The zero-order valence-corrected chi connectivity index (χ0v) is 11.1. The van der Waals surface area contributed by atoms with Crippen molar-refractivity contribution in [3.63, 3.8) is 0 Å². The highest BCUT2D eigenvalue weighted by Crippen LogP contribution is 2.29. The highest BCUT2D eigenvalue weighted by Gasteiger charge is 2.17. The van der Waals surface area contributed by atoms with E-state index in [2.05, 4.69) is 5.43 Å². The molecule has 5 heteroatoms. The van der Waals surface area contributed by atoms with Gasteiger partial charge in [-0.25, -0.2) is 9.82 Å². The van der Waals surface area contributed by atoms with Gasteiger partial charge in [-0.15, -0.1) is 0 Å². The topological polar surface area (TPSA) is 47.3 Å². The quantitative estimate of drug-likeness (QED) is 0.668. The van der Waals surface area contributed by atoms with Crippen molar-refractivity contribution in [3.05, 3.63) is 64.4 Å². The number of hydrogen-bond acceptors (Lipinski definition) is 3. The molecule has 0 heterocycles. The average molecular weight is 281 g/mol. The largest absolute Gasteiger partial charge is 0.494 e. The van der Waals surface area contributed by atoms with Crippen LogP contribution in [-0.2, 0) is 0 Å². The molecule has 2 aromatic rings. The van der Waals surface area contributed by atoms with Crippen LogP contribution >= 0.6 is 11.6 Å². The molecular formula is C14H14ClFN2O. The molecule has 0 fully saturated rings. The Morgan fingerprint density at radius 3 is 2.58 bits per heavy atom. The van der Waals surface area contributed by atoms with Gasteiger partial charge in [0.1, 0.15) is 0 Å². The van der Waals surface area contributed by atoms with Gasteiger partial charge in [-0.2, -0.15) is 0 Å². The van der Waals surface area contributed by atoms with E-state index >= 15 is 0 Å². The minimum atomic E-state index is -0.438. The molecule has 0 saturated carbocycles. The first-order chi connectivity index (χ1) is 9.17. The Balaban J connectivity index is 2.43. The van der Waals surface area contributed by atoms with E-state index in [1.165, 1.54) is 13.2 Å². The van der Waals surface area contributed by atoms with E-state index in [1.807, 2.05) is 18.2 Å². The lowest BCUT2D eigenvalue weighted by Gasteiger charge is -2.18. The summed E-state index contributed by atoms with van der Waals surface area (Å²) in [4.78, 5) is 0. The van der Waals surface area contributed by atoms with Gasteiger partial charge in [0, 0.05) is 5.02 Å². The molecule has 1 unspecified atom stereocenters. The predicted octanol–water partition coefficient (Wildman–Crippen LogP) is 3.04. The van der Waals surface area contributed by atoms with Gasteiger partial charge in [0.05, 0.1) is 13.2 Å². The summed E-state index contributed by atoms with van der Waals surface area (Å²) < 4.78 is 18.6. The number of halogens is 2. The molecule has 0 saturated heterocycles. The van der Waals surface area contributed by atoms with Crippen LogP contribution in [0.4, 0.5) is 4.39 Å². The molecule has 0 aliphatic rings. The monoisotopic (exact) mass is 280 g/mol. The number of benzene rings is 2. The van der Waals surface area contributed by atoms with E-state index in [0.717, 1.165) is 5.56 Å². The second-order valence-corrected chi connectivity index (χ2v) is 4.42. The number of rotatable bonds is 4. The molecule has 0 spiro atoms. The number of nitrogens with one attached hydrogen (secondary N) is 1. The van der Waals surface area contributed by atoms with Gasteiger partial charge in [-0.1, -0.05) is 35.9 Å². The van der Waals surface area contributed by atoms with Crippen LogP contribution in [0.15, 0.2) is 42.5 Å². The van der Waals surface area contributed by atoms with Crippen LogP contribution in [-0.4, -0.2) is 7.11 Å². The maximum absolute atomic E-state index is 13.7. The van der Waals surface area contributed by atoms with Gasteiger partial charge in [0.15, 0.2) is 11.6 Å². The Labute approximate surface area is 116 Å². The lowest BCUT2D eigenvalue weighted by molar-refractivity contribution is 0.385. The van der Waals surface area contributed by atoms with Gasteiger partial charge in [0.25, 0.3) is 0 Å². The molecule has 100 valence electrons. The van der Waals surface area contributed by atoms with Crippen LogP contribution in [0.3, 0.4) is 0 Å². The molecule has 19 heavy (non-hydrogen) atoms. The van der Waals surface area contributed by atoms with E-state index < -0.39 is 5.82 Å². The van der Waals surface area contributed by atoms with Crippen LogP contribution in [0.1, 0.15) is 17.2 Å². The van der Waals surface area contributed by atoms with Gasteiger partial charge < -0.3 is 4.74 Å². The van der Waals surface area contributed by atoms with E-state index in [4.69, 9.17) is 22.2 Å². The second-order valence-electron chi connectivity index (χ2n) is 4.02. The molecule has 0 aliphatic heterocycles. The number of hydrogen-bond donors (Lipinski definition) is 2. The normalized spacial score (nSPS) is 12.2. The van der Waals surface area contributed by atoms with Crippen LogP contribution < -0.4 is 16.0 Å². The van der Waals surface area contributed by atoms with Crippen LogP contribution in [0.5, 0.6) is 5.75 Å². The Morgan fingerprint density at radius 1 is 1.26 bits per heavy atom. The zero-order valence-electron chi connectivity index (χ0n) is 10.4. The summed E-state index contributed by atoms with van der Waals surface area (Å²) in [6.45, 7) is 0. The molecule has 1 atom stereocenters. The summed E-state index contributed by atoms with van der Waals surface area (Å²) in [5.41, 5.74) is 4.11. The highest BCUT2D eigenvalue weighted by molar-refractivity contribution is 6.31. The third-order valence-corrected chi connectivity index (χ3v) is 3.24. The molecule has 0 amide bonds. The number of methoxy groups -OCH3 is 1. The van der Waals surface area contributed by atoms with Crippen LogP contribution in [0, 0.1) is 5.82 Å². The Bertz CT molecular complexity index is 577. The third kappa shape index (κ3) is 2.87. The molecular weight excluding hydrogens is 267 g/mol. The first kappa shape index (κ1) is 13.8. The number of nitrogens with two attached hydrogens (primary N) is 1. The van der Waals surface area contributed by atoms with E-state index in [0.29, 0.717) is 10.6 Å². The molecule has 3 N–H and O–H groups in total. The fraction of sp³-hybridized carbons (Fsp3) is 0.143. The fourth-order valence-corrected chi connectivity index (χ4v) is 2.18. The predicted molar refractivity (Wildman–Crippen MR) is 73.6 cm³/mol. The van der Waals surface area contributed by atoms with Crippen molar-refractivity contribution in [1.82, 2.24) is 5.43 Å². The molecule has 0 radical (unpaired) electrons. The maximum atomic E-state index is 13.7. The fourth-order valence-electron chi connectivity index (χ4n) is 1.94. The summed E-state index contributed by atoms with van der Waals surface area (Å²) in [6, 6.07) is 11.6. The van der Waals surface area contributed by atoms with Gasteiger partial charge >= 0.3 is 0 Å². The van der Waals surface area contributed by atoms with E-state index in [-0.39, 0.29) is 11.8 Å². The molecule has 0 bridgehead atoms. The van der Waals surface area contributed by atoms with Crippen molar-refractivity contribution < 1.29 is 9.13 Å². The molecule has 2 rings (SSSR count). The summed E-state index contributed by atoms with van der Waals surface area (Å²) in [7, 11) is 1.42. The maximum Gasteiger partial charge on any atom is 0.165 e. The highest BCUT2D eigenvalue weighted by atomic mass is 35.5. The van der Waals surface area contributed by atoms with Gasteiger partial charge in [0.2, 0.25) is 0 Å². The van der Waals surface area contributed by atoms with Crippen molar-refractivity contribution in [2.45, 2.75) is 6.04 Å². The number of ether oxygens (including phenoxy) is 1. The first-order valence-corrected chi connectivity index (χ1v) is 6.09. The summed E-state index contributed by atoms with van der Waals surface area (Å²) >= 11 is 6.13. The van der Waals surface area contributed by atoms with E-state index in [9.17, 15) is 4.39 Å². The SMILES string of the molecule is COc1ccc(C(NN)c2ccccc2Cl)cc1F. The summed E-state index contributed by atoms with van der Waals surface area (Å²) in [5.74, 6) is 5.32.